The Kier molecular flexibility index (Phi) is 6.59. The van der Waals surface area contributed by atoms with Gasteiger partial charge in [0.25, 0.3) is 0 Å². The van der Waals surface area contributed by atoms with E-state index < -0.39 is 0 Å². The van der Waals surface area contributed by atoms with Gasteiger partial charge < -0.3 is 19.0 Å². The first-order valence-corrected chi connectivity index (χ1v) is 9.15. The van der Waals surface area contributed by atoms with Gasteiger partial charge in [-0.15, -0.1) is 0 Å². The van der Waals surface area contributed by atoms with Crippen molar-refractivity contribution in [2.75, 3.05) is 26.8 Å². The van der Waals surface area contributed by atoms with E-state index in [0.717, 1.165) is 24.3 Å². The lowest BCUT2D eigenvalue weighted by molar-refractivity contribution is -0.143. The molecule has 7 heteroatoms. The Labute approximate surface area is 158 Å². The number of likely N-dealkylation sites (tertiary alicyclic amines) is 1. The van der Waals surface area contributed by atoms with Crippen LogP contribution in [-0.2, 0) is 27.4 Å². The second-order valence-corrected chi connectivity index (χ2v) is 6.71. The Morgan fingerprint density at radius 3 is 2.89 bits per heavy atom. The largest absolute Gasteiger partial charge is 0.467 e. The molecule has 0 N–H and O–H groups in total. The molecule has 7 nitrogen and oxygen atoms in total. The molecule has 1 aliphatic heterocycles. The van der Waals surface area contributed by atoms with E-state index >= 15 is 0 Å². The van der Waals surface area contributed by atoms with Gasteiger partial charge in [0.1, 0.15) is 12.4 Å². The van der Waals surface area contributed by atoms with Gasteiger partial charge in [-0.1, -0.05) is 6.07 Å². The summed E-state index contributed by atoms with van der Waals surface area (Å²) in [5.74, 6) is 0.449. The number of rotatable bonds is 7. The van der Waals surface area contributed by atoms with Crippen LogP contribution in [0.1, 0.15) is 24.3 Å². The highest BCUT2D eigenvalue weighted by molar-refractivity contribution is 5.82. The van der Waals surface area contributed by atoms with E-state index in [4.69, 9.17) is 9.15 Å². The van der Waals surface area contributed by atoms with Gasteiger partial charge in [0.2, 0.25) is 11.8 Å². The molecule has 1 fully saturated rings. The van der Waals surface area contributed by atoms with Crippen molar-refractivity contribution in [1.29, 1.82) is 0 Å². The van der Waals surface area contributed by atoms with E-state index in [0.29, 0.717) is 26.2 Å². The lowest BCUT2D eigenvalue weighted by Gasteiger charge is -2.34. The number of piperidine rings is 1. The molecule has 0 bridgehead atoms. The molecule has 0 spiro atoms. The number of hydrogen-bond acceptors (Lipinski definition) is 5. The molecule has 3 rings (SSSR count). The van der Waals surface area contributed by atoms with E-state index in [1.807, 2.05) is 30.3 Å². The highest BCUT2D eigenvalue weighted by Crippen LogP contribution is 2.21. The summed E-state index contributed by atoms with van der Waals surface area (Å²) < 4.78 is 10.4. The molecule has 0 unspecified atom stereocenters. The first-order valence-electron chi connectivity index (χ1n) is 9.15. The van der Waals surface area contributed by atoms with Crippen LogP contribution in [0.2, 0.25) is 0 Å². The number of ether oxygens (including phenoxy) is 1. The third kappa shape index (κ3) is 5.17. The Morgan fingerprint density at radius 1 is 1.30 bits per heavy atom. The maximum absolute atomic E-state index is 13.2. The fraction of sp³-hybridized carbons (Fsp3) is 0.450. The van der Waals surface area contributed by atoms with E-state index in [9.17, 15) is 9.59 Å². The third-order valence-electron chi connectivity index (χ3n) is 4.71. The zero-order chi connectivity index (χ0) is 19.1. The van der Waals surface area contributed by atoms with Gasteiger partial charge in [0, 0.05) is 26.4 Å². The number of aromatic nitrogens is 1. The average molecular weight is 371 g/mol. The van der Waals surface area contributed by atoms with Crippen LogP contribution >= 0.6 is 0 Å². The number of carbonyl (C=O) groups excluding carboxylic acids is 2. The standard InChI is InChI=1S/C20H25N3O4/c1-26-15-19(24)22-10-4-6-16(12-22)20(25)23(14-18-8-5-11-27-18)13-17-7-2-3-9-21-17/h2-3,5,7-9,11,16H,4,6,10,12-15H2,1H3/t16-/m0/s1. The lowest BCUT2D eigenvalue weighted by Crippen LogP contribution is -2.47. The molecule has 27 heavy (non-hydrogen) atoms. The summed E-state index contributed by atoms with van der Waals surface area (Å²) >= 11 is 0. The molecule has 2 amide bonds. The maximum atomic E-state index is 13.2. The summed E-state index contributed by atoms with van der Waals surface area (Å²) in [6, 6.07) is 9.32. The molecule has 2 aromatic heterocycles. The summed E-state index contributed by atoms with van der Waals surface area (Å²) in [5.41, 5.74) is 0.820. The van der Waals surface area contributed by atoms with Crippen LogP contribution in [0.3, 0.4) is 0 Å². The van der Waals surface area contributed by atoms with E-state index in [-0.39, 0.29) is 24.3 Å². The van der Waals surface area contributed by atoms with Gasteiger partial charge >= 0.3 is 0 Å². The predicted octanol–water partition coefficient (Wildman–Crippen LogP) is 2.09. The molecule has 3 heterocycles. The number of nitrogens with zero attached hydrogens (tertiary/aromatic N) is 3. The molecule has 144 valence electrons. The summed E-state index contributed by atoms with van der Waals surface area (Å²) in [4.78, 5) is 33.2. The van der Waals surface area contributed by atoms with Gasteiger partial charge in [-0.3, -0.25) is 14.6 Å². The van der Waals surface area contributed by atoms with Crippen LogP contribution in [0, 0.1) is 5.92 Å². The van der Waals surface area contributed by atoms with Crippen molar-refractivity contribution < 1.29 is 18.7 Å². The summed E-state index contributed by atoms with van der Waals surface area (Å²) in [7, 11) is 1.50. The average Bonchev–Trinajstić information content (AvgIpc) is 3.21. The summed E-state index contributed by atoms with van der Waals surface area (Å²) in [6.07, 6.45) is 4.90. The predicted molar refractivity (Wildman–Crippen MR) is 98.4 cm³/mol. The molecule has 1 atom stereocenters. The van der Waals surface area contributed by atoms with E-state index in [1.165, 1.54) is 7.11 Å². The molecule has 0 saturated carbocycles. The number of hydrogen-bond donors (Lipinski definition) is 0. The van der Waals surface area contributed by atoms with Gasteiger partial charge in [-0.25, -0.2) is 0 Å². The fourth-order valence-electron chi connectivity index (χ4n) is 3.37. The van der Waals surface area contributed by atoms with Crippen molar-refractivity contribution in [2.24, 2.45) is 5.92 Å². The van der Waals surface area contributed by atoms with Crippen molar-refractivity contribution in [1.82, 2.24) is 14.8 Å². The lowest BCUT2D eigenvalue weighted by atomic mass is 9.96. The zero-order valence-corrected chi connectivity index (χ0v) is 15.5. The number of carbonyl (C=O) groups is 2. The molecule has 0 radical (unpaired) electrons. The van der Waals surface area contributed by atoms with E-state index in [1.54, 1.807) is 22.3 Å². The van der Waals surface area contributed by atoms with Crippen LogP contribution < -0.4 is 0 Å². The summed E-state index contributed by atoms with van der Waals surface area (Å²) in [6.45, 7) is 1.93. The zero-order valence-electron chi connectivity index (χ0n) is 15.5. The Hall–Kier alpha value is -2.67. The molecule has 1 aliphatic rings. The number of amides is 2. The second-order valence-electron chi connectivity index (χ2n) is 6.71. The highest BCUT2D eigenvalue weighted by atomic mass is 16.5. The first-order chi connectivity index (χ1) is 13.2. The van der Waals surface area contributed by atoms with Crippen LogP contribution in [0.25, 0.3) is 0 Å². The molecule has 1 saturated heterocycles. The molecular weight excluding hydrogens is 346 g/mol. The molecule has 2 aromatic rings. The molecule has 0 aromatic carbocycles. The van der Waals surface area contributed by atoms with Crippen molar-refractivity contribution in [3.05, 3.63) is 54.2 Å². The normalized spacial score (nSPS) is 16.9. The van der Waals surface area contributed by atoms with Crippen molar-refractivity contribution in [3.8, 4) is 0 Å². The van der Waals surface area contributed by atoms with Crippen molar-refractivity contribution in [2.45, 2.75) is 25.9 Å². The Balaban J connectivity index is 1.72. The maximum Gasteiger partial charge on any atom is 0.248 e. The minimum absolute atomic E-state index is 0.0203. The Morgan fingerprint density at radius 2 is 2.19 bits per heavy atom. The van der Waals surface area contributed by atoms with Crippen LogP contribution in [0.15, 0.2) is 47.2 Å². The van der Waals surface area contributed by atoms with Gasteiger partial charge in [0.15, 0.2) is 0 Å². The van der Waals surface area contributed by atoms with Crippen LogP contribution in [0.5, 0.6) is 0 Å². The number of methoxy groups -OCH3 is 1. The molecular formula is C20H25N3O4. The monoisotopic (exact) mass is 371 g/mol. The van der Waals surface area contributed by atoms with Crippen LogP contribution in [0.4, 0.5) is 0 Å². The SMILES string of the molecule is COCC(=O)N1CCC[C@H](C(=O)N(Cc2ccccn2)Cc2ccco2)C1. The smallest absolute Gasteiger partial charge is 0.248 e. The summed E-state index contributed by atoms with van der Waals surface area (Å²) in [5, 5.41) is 0. The van der Waals surface area contributed by atoms with Crippen LogP contribution in [-0.4, -0.2) is 53.4 Å². The van der Waals surface area contributed by atoms with E-state index in [2.05, 4.69) is 4.98 Å². The molecule has 0 aliphatic carbocycles. The second kappa shape index (κ2) is 9.32. The number of furan rings is 1. The minimum atomic E-state index is -0.224. The quantitative estimate of drug-likeness (QED) is 0.745. The first kappa shape index (κ1) is 19.1. The fourth-order valence-corrected chi connectivity index (χ4v) is 3.37. The topological polar surface area (TPSA) is 75.9 Å². The minimum Gasteiger partial charge on any atom is -0.467 e. The van der Waals surface area contributed by atoms with Crippen molar-refractivity contribution in [3.63, 3.8) is 0 Å². The van der Waals surface area contributed by atoms with Gasteiger partial charge in [-0.2, -0.15) is 0 Å². The number of pyridine rings is 1. The Bertz CT molecular complexity index is 733. The van der Waals surface area contributed by atoms with Crippen molar-refractivity contribution >= 4 is 11.8 Å². The highest BCUT2D eigenvalue weighted by Gasteiger charge is 2.31. The van der Waals surface area contributed by atoms with Gasteiger partial charge in [-0.05, 0) is 37.1 Å². The van der Waals surface area contributed by atoms with Gasteiger partial charge in [0.05, 0.1) is 31.0 Å². The third-order valence-corrected chi connectivity index (χ3v) is 4.71.